The van der Waals surface area contributed by atoms with Crippen LogP contribution in [0.1, 0.15) is 19.3 Å². The third kappa shape index (κ3) is 5.41. The Morgan fingerprint density at radius 2 is 1.32 bits per heavy atom. The Bertz CT molecular complexity index is 401. The molecule has 2 nitrogen and oxygen atoms in total. The van der Waals surface area contributed by atoms with Crippen LogP contribution in [0, 0.1) is 0 Å². The van der Waals surface area contributed by atoms with Crippen LogP contribution < -0.4 is 0 Å². The fourth-order valence-electron chi connectivity index (χ4n) is 1.22. The predicted octanol–water partition coefficient (Wildman–Crippen LogP) is 4.35. The number of hydrogen-bond donors (Lipinski definition) is 0. The molecule has 0 aromatic rings. The minimum atomic E-state index is -6.04. The molecule has 0 aromatic heterocycles. The van der Waals surface area contributed by atoms with Crippen molar-refractivity contribution in [1.82, 2.24) is 0 Å². The molecule has 0 N–H and O–H groups in total. The van der Waals surface area contributed by atoms with Crippen LogP contribution in [-0.4, -0.2) is 36.5 Å². The molecule has 0 aliphatic carbocycles. The number of alkyl halides is 9. The lowest BCUT2D eigenvalue weighted by atomic mass is 9.98. The molecular formula is C11H11F9O2. The van der Waals surface area contributed by atoms with Gasteiger partial charge in [0.05, 0.1) is 13.0 Å². The van der Waals surface area contributed by atoms with E-state index in [0.29, 0.717) is 6.08 Å². The summed E-state index contributed by atoms with van der Waals surface area (Å²) in [6.07, 6.45) is -11.5. The molecule has 130 valence electrons. The number of halogens is 9. The molecule has 0 spiro atoms. The largest absolute Gasteiger partial charge is 0.462 e. The monoisotopic (exact) mass is 346 g/mol. The van der Waals surface area contributed by atoms with E-state index in [0.717, 1.165) is 0 Å². The van der Waals surface area contributed by atoms with Crippen molar-refractivity contribution in [2.75, 3.05) is 6.61 Å². The van der Waals surface area contributed by atoms with Gasteiger partial charge in [0, 0.05) is 18.9 Å². The van der Waals surface area contributed by atoms with Crippen LogP contribution >= 0.6 is 0 Å². The number of rotatable bonds is 8. The van der Waals surface area contributed by atoms with Gasteiger partial charge in [0.15, 0.2) is 0 Å². The van der Waals surface area contributed by atoms with E-state index in [-0.39, 0.29) is 0 Å². The van der Waals surface area contributed by atoms with E-state index in [2.05, 4.69) is 11.3 Å². The van der Waals surface area contributed by atoms with Crippen LogP contribution in [-0.2, 0) is 9.53 Å². The van der Waals surface area contributed by atoms with Gasteiger partial charge in [-0.25, -0.2) is 4.79 Å². The maximum absolute atomic E-state index is 13.1. The molecule has 0 atom stereocenters. The Hall–Kier alpha value is -1.42. The number of carbonyl (C=O) groups excluding carboxylic acids is 1. The summed E-state index contributed by atoms with van der Waals surface area (Å²) in [5.41, 5.74) is 0. The Kier molecular flexibility index (Phi) is 6.34. The van der Waals surface area contributed by atoms with Gasteiger partial charge in [-0.1, -0.05) is 6.58 Å². The average Bonchev–Trinajstić information content (AvgIpc) is 2.34. The highest BCUT2D eigenvalue weighted by molar-refractivity contribution is 5.81. The number of hydrogen-bond acceptors (Lipinski definition) is 2. The van der Waals surface area contributed by atoms with Crippen LogP contribution in [0.5, 0.6) is 0 Å². The molecule has 0 rings (SSSR count). The van der Waals surface area contributed by atoms with Gasteiger partial charge >= 0.3 is 29.9 Å². The number of carbonyl (C=O) groups is 1. The molecule has 0 saturated carbocycles. The second-order valence-corrected chi connectivity index (χ2v) is 4.22. The van der Waals surface area contributed by atoms with Crippen molar-refractivity contribution in [3.63, 3.8) is 0 Å². The first-order valence-electron chi connectivity index (χ1n) is 5.66. The second kappa shape index (κ2) is 6.78. The molecule has 0 bridgehead atoms. The van der Waals surface area contributed by atoms with Crippen molar-refractivity contribution in [1.29, 1.82) is 0 Å². The van der Waals surface area contributed by atoms with E-state index in [4.69, 9.17) is 0 Å². The van der Waals surface area contributed by atoms with E-state index in [1.807, 2.05) is 0 Å². The quantitative estimate of drug-likeness (QED) is 0.371. The Labute approximate surface area is 118 Å². The molecule has 0 unspecified atom stereocenters. The van der Waals surface area contributed by atoms with Gasteiger partial charge in [-0.15, -0.1) is 0 Å². The fraction of sp³-hybridized carbons (Fsp3) is 0.727. The molecule has 22 heavy (non-hydrogen) atoms. The Balaban J connectivity index is 4.91. The smallest absolute Gasteiger partial charge is 0.389 e. The maximum atomic E-state index is 13.1. The zero-order valence-electron chi connectivity index (χ0n) is 10.8. The normalized spacial score (nSPS) is 13.9. The van der Waals surface area contributed by atoms with Crippen molar-refractivity contribution in [2.45, 2.75) is 43.2 Å². The van der Waals surface area contributed by atoms with Gasteiger partial charge in [0.2, 0.25) is 0 Å². The summed E-state index contributed by atoms with van der Waals surface area (Å²) in [7, 11) is 0. The predicted molar refractivity (Wildman–Crippen MR) is 55.9 cm³/mol. The molecule has 0 amide bonds. The molecular weight excluding hydrogens is 335 g/mol. The molecule has 0 aromatic carbocycles. The van der Waals surface area contributed by atoms with Crippen LogP contribution in [0.2, 0.25) is 0 Å². The second-order valence-electron chi connectivity index (χ2n) is 4.22. The maximum Gasteiger partial charge on any atom is 0.389 e. The molecule has 0 aliphatic rings. The lowest BCUT2D eigenvalue weighted by molar-refractivity contribution is -0.317. The van der Waals surface area contributed by atoms with E-state index in [9.17, 15) is 44.3 Å². The molecule has 11 heteroatoms. The number of ether oxygens (including phenoxy) is 1. The fourth-order valence-corrected chi connectivity index (χ4v) is 1.22. The summed E-state index contributed by atoms with van der Waals surface area (Å²) in [6, 6.07) is 0. The minimum absolute atomic E-state index is 0.522. The third-order valence-corrected chi connectivity index (χ3v) is 2.47. The molecule has 0 saturated heterocycles. The lowest BCUT2D eigenvalue weighted by Crippen LogP contribution is -2.54. The summed E-state index contributed by atoms with van der Waals surface area (Å²) in [5.74, 6) is -18.2. The molecule has 0 aliphatic heterocycles. The van der Waals surface area contributed by atoms with Crippen molar-refractivity contribution in [3.8, 4) is 0 Å². The van der Waals surface area contributed by atoms with E-state index in [1.165, 1.54) is 0 Å². The Morgan fingerprint density at radius 3 is 1.73 bits per heavy atom. The minimum Gasteiger partial charge on any atom is -0.462 e. The van der Waals surface area contributed by atoms with Gasteiger partial charge in [-0.05, 0) is 0 Å². The van der Waals surface area contributed by atoms with Crippen LogP contribution in [0.4, 0.5) is 39.5 Å². The summed E-state index contributed by atoms with van der Waals surface area (Å²) in [5, 5.41) is 0. The van der Waals surface area contributed by atoms with Crippen LogP contribution in [0.15, 0.2) is 12.7 Å². The van der Waals surface area contributed by atoms with Crippen LogP contribution in [0.3, 0.4) is 0 Å². The standard InChI is InChI=1S/C11H11F9O2/c1-2-7(21)22-6-5-9(14,15)11(19,20)8(12,13)3-4-10(16,17)18/h2H,1,3-6H2. The number of esters is 1. The van der Waals surface area contributed by atoms with Crippen molar-refractivity contribution >= 4 is 5.97 Å². The Morgan fingerprint density at radius 1 is 0.864 bits per heavy atom. The third-order valence-electron chi connectivity index (χ3n) is 2.47. The first-order valence-corrected chi connectivity index (χ1v) is 5.66. The summed E-state index contributed by atoms with van der Waals surface area (Å²) in [4.78, 5) is 10.5. The van der Waals surface area contributed by atoms with Crippen molar-refractivity contribution in [3.05, 3.63) is 12.7 Å². The van der Waals surface area contributed by atoms with Gasteiger partial charge in [0.25, 0.3) is 0 Å². The first-order chi connectivity index (χ1) is 9.66. The average molecular weight is 346 g/mol. The summed E-state index contributed by atoms with van der Waals surface area (Å²) >= 11 is 0. The molecule has 0 heterocycles. The highest BCUT2D eigenvalue weighted by atomic mass is 19.4. The van der Waals surface area contributed by atoms with Gasteiger partial charge in [0.1, 0.15) is 0 Å². The van der Waals surface area contributed by atoms with Gasteiger partial charge < -0.3 is 4.74 Å². The van der Waals surface area contributed by atoms with Crippen LogP contribution in [0.25, 0.3) is 0 Å². The summed E-state index contributed by atoms with van der Waals surface area (Å²) in [6.45, 7) is 1.54. The van der Waals surface area contributed by atoms with E-state index >= 15 is 0 Å². The lowest BCUT2D eigenvalue weighted by Gasteiger charge is -2.33. The van der Waals surface area contributed by atoms with E-state index in [1.54, 1.807) is 0 Å². The SMILES string of the molecule is C=CC(=O)OCCC(F)(F)C(F)(F)C(F)(F)CCC(F)(F)F. The zero-order chi connectivity index (χ0) is 17.8. The highest BCUT2D eigenvalue weighted by Gasteiger charge is 2.70. The zero-order valence-corrected chi connectivity index (χ0v) is 10.8. The van der Waals surface area contributed by atoms with E-state index < -0.39 is 55.8 Å². The van der Waals surface area contributed by atoms with Gasteiger partial charge in [-0.2, -0.15) is 39.5 Å². The van der Waals surface area contributed by atoms with Crippen molar-refractivity contribution < 1.29 is 49.0 Å². The molecule has 0 radical (unpaired) electrons. The van der Waals surface area contributed by atoms with Crippen molar-refractivity contribution in [2.24, 2.45) is 0 Å². The topological polar surface area (TPSA) is 26.3 Å². The van der Waals surface area contributed by atoms with Gasteiger partial charge in [-0.3, -0.25) is 0 Å². The first kappa shape index (κ1) is 20.6. The molecule has 0 fully saturated rings. The highest BCUT2D eigenvalue weighted by Crippen LogP contribution is 2.50. The summed E-state index contributed by atoms with van der Waals surface area (Å²) < 4.78 is 118.